The maximum atomic E-state index is 13.2. The van der Waals surface area contributed by atoms with E-state index in [1.54, 1.807) is 18.3 Å². The maximum Gasteiger partial charge on any atom is 0.263 e. The van der Waals surface area contributed by atoms with E-state index >= 15 is 0 Å². The van der Waals surface area contributed by atoms with Crippen molar-refractivity contribution in [2.45, 2.75) is 53.0 Å². The van der Waals surface area contributed by atoms with Gasteiger partial charge in [-0.2, -0.15) is 0 Å². The predicted octanol–water partition coefficient (Wildman–Crippen LogP) is 4.40. The first-order valence-corrected chi connectivity index (χ1v) is 10.6. The van der Waals surface area contributed by atoms with Gasteiger partial charge < -0.3 is 5.32 Å². The second-order valence-corrected chi connectivity index (χ2v) is 9.06. The third-order valence-electron chi connectivity index (χ3n) is 5.69. The first kappa shape index (κ1) is 18.9. The smallest absolute Gasteiger partial charge is 0.263 e. The molecule has 146 valence electrons. The Bertz CT molecular complexity index is 1130. The molecule has 1 aliphatic carbocycles. The molecule has 0 saturated carbocycles. The fourth-order valence-electron chi connectivity index (χ4n) is 3.85. The first-order valence-electron chi connectivity index (χ1n) is 9.74. The average molecular weight is 396 g/mol. The Morgan fingerprint density at radius 1 is 1.36 bits per heavy atom. The number of anilines is 1. The SMILES string of the molecule is Cc1ccc(C)c(NC(=O)C(C)n2cnc3sc4c(c3c2=O)CCC(C)C4)c1. The van der Waals surface area contributed by atoms with Crippen molar-refractivity contribution >= 4 is 33.1 Å². The van der Waals surface area contributed by atoms with E-state index < -0.39 is 6.04 Å². The summed E-state index contributed by atoms with van der Waals surface area (Å²) in [5.41, 5.74) is 3.88. The lowest BCUT2D eigenvalue weighted by Gasteiger charge is -2.18. The molecule has 0 bridgehead atoms. The second kappa shape index (κ2) is 7.17. The maximum absolute atomic E-state index is 13.2. The van der Waals surface area contributed by atoms with Crippen LogP contribution in [0.1, 0.15) is 47.9 Å². The van der Waals surface area contributed by atoms with Gasteiger partial charge in [-0.05, 0) is 68.7 Å². The predicted molar refractivity (Wildman–Crippen MR) is 114 cm³/mol. The van der Waals surface area contributed by atoms with Gasteiger partial charge in [-0.25, -0.2) is 4.98 Å². The number of amides is 1. The van der Waals surface area contributed by atoms with Gasteiger partial charge in [-0.1, -0.05) is 19.1 Å². The molecular formula is C22H25N3O2S. The topological polar surface area (TPSA) is 64.0 Å². The molecule has 1 N–H and O–H groups in total. The van der Waals surface area contributed by atoms with Gasteiger partial charge in [0.1, 0.15) is 10.9 Å². The Kier molecular flexibility index (Phi) is 4.83. The van der Waals surface area contributed by atoms with Gasteiger partial charge in [-0.3, -0.25) is 14.2 Å². The van der Waals surface area contributed by atoms with Crippen LogP contribution in [0.5, 0.6) is 0 Å². The lowest BCUT2D eigenvalue weighted by Crippen LogP contribution is -2.32. The monoisotopic (exact) mass is 395 g/mol. The van der Waals surface area contributed by atoms with E-state index in [-0.39, 0.29) is 11.5 Å². The summed E-state index contributed by atoms with van der Waals surface area (Å²) in [5.74, 6) is 0.430. The van der Waals surface area contributed by atoms with Gasteiger partial charge in [-0.15, -0.1) is 11.3 Å². The number of carbonyl (C=O) groups is 1. The number of aromatic nitrogens is 2. The molecule has 2 unspecified atom stereocenters. The largest absolute Gasteiger partial charge is 0.324 e. The number of fused-ring (bicyclic) bond motifs is 3. The number of hydrogen-bond donors (Lipinski definition) is 1. The minimum absolute atomic E-state index is 0.110. The number of aryl methyl sites for hydroxylation is 3. The number of nitrogens with zero attached hydrogens (tertiary/aromatic N) is 2. The van der Waals surface area contributed by atoms with E-state index in [4.69, 9.17) is 0 Å². The van der Waals surface area contributed by atoms with Crippen molar-refractivity contribution in [1.29, 1.82) is 0 Å². The fourth-order valence-corrected chi connectivity index (χ4v) is 5.19. The molecule has 1 amide bonds. The molecule has 2 heterocycles. The second-order valence-electron chi connectivity index (χ2n) is 7.97. The van der Waals surface area contributed by atoms with Crippen LogP contribution in [0.2, 0.25) is 0 Å². The molecule has 0 saturated heterocycles. The summed E-state index contributed by atoms with van der Waals surface area (Å²) in [7, 11) is 0. The van der Waals surface area contributed by atoms with Crippen LogP contribution in [0.3, 0.4) is 0 Å². The molecule has 2 aromatic heterocycles. The van der Waals surface area contributed by atoms with Crippen molar-refractivity contribution < 1.29 is 4.79 Å². The van der Waals surface area contributed by atoms with Gasteiger partial charge in [0.2, 0.25) is 5.91 Å². The molecule has 4 rings (SSSR count). The van der Waals surface area contributed by atoms with Crippen molar-refractivity contribution in [3.05, 3.63) is 56.4 Å². The first-order chi connectivity index (χ1) is 13.3. The van der Waals surface area contributed by atoms with E-state index in [1.807, 2.05) is 32.0 Å². The highest BCUT2D eigenvalue weighted by Gasteiger charge is 2.25. The van der Waals surface area contributed by atoms with E-state index in [0.717, 1.165) is 46.5 Å². The van der Waals surface area contributed by atoms with E-state index in [1.165, 1.54) is 15.8 Å². The molecule has 0 spiro atoms. The van der Waals surface area contributed by atoms with Crippen molar-refractivity contribution in [2.75, 3.05) is 5.32 Å². The molecule has 0 radical (unpaired) electrons. The Balaban J connectivity index is 1.68. The highest BCUT2D eigenvalue weighted by Crippen LogP contribution is 2.35. The van der Waals surface area contributed by atoms with Gasteiger partial charge in [0.05, 0.1) is 11.7 Å². The van der Waals surface area contributed by atoms with Gasteiger partial charge in [0.15, 0.2) is 0 Å². The molecule has 1 aliphatic rings. The molecule has 5 nitrogen and oxygen atoms in total. The molecule has 1 aromatic carbocycles. The zero-order valence-electron chi connectivity index (χ0n) is 16.7. The Morgan fingerprint density at radius 3 is 2.93 bits per heavy atom. The lowest BCUT2D eigenvalue weighted by atomic mass is 9.89. The summed E-state index contributed by atoms with van der Waals surface area (Å²) in [6, 6.07) is 5.30. The molecule has 2 atom stereocenters. The van der Waals surface area contributed by atoms with Crippen LogP contribution in [0, 0.1) is 19.8 Å². The van der Waals surface area contributed by atoms with Gasteiger partial charge >= 0.3 is 0 Å². The molecule has 3 aromatic rings. The van der Waals surface area contributed by atoms with E-state index in [9.17, 15) is 9.59 Å². The molecule has 6 heteroatoms. The molecule has 0 fully saturated rings. The van der Waals surface area contributed by atoms with Crippen LogP contribution >= 0.6 is 11.3 Å². The Morgan fingerprint density at radius 2 is 2.14 bits per heavy atom. The summed E-state index contributed by atoms with van der Waals surface area (Å²) in [6.45, 7) is 7.94. The summed E-state index contributed by atoms with van der Waals surface area (Å²) in [6.07, 6.45) is 4.54. The number of nitrogens with one attached hydrogen (secondary N) is 1. The highest BCUT2D eigenvalue weighted by atomic mass is 32.1. The third-order valence-corrected chi connectivity index (χ3v) is 6.85. The van der Waals surface area contributed by atoms with E-state index in [2.05, 4.69) is 17.2 Å². The standard InChI is InChI=1S/C22H25N3O2S/c1-12-5-7-14(3)17(9-12)24-20(26)15(4)25-11-23-21-19(22(25)27)16-8-6-13(2)10-18(16)28-21/h5,7,9,11,13,15H,6,8,10H2,1-4H3,(H,24,26). The third kappa shape index (κ3) is 3.26. The molecule has 28 heavy (non-hydrogen) atoms. The van der Waals surface area contributed by atoms with Crippen molar-refractivity contribution in [2.24, 2.45) is 5.92 Å². The number of thiophene rings is 1. The molecule has 0 aliphatic heterocycles. The van der Waals surface area contributed by atoms with Crippen LogP contribution in [-0.2, 0) is 17.6 Å². The number of hydrogen-bond acceptors (Lipinski definition) is 4. The van der Waals surface area contributed by atoms with Crippen LogP contribution in [0.25, 0.3) is 10.2 Å². The summed E-state index contributed by atoms with van der Waals surface area (Å²) in [4.78, 5) is 32.6. The van der Waals surface area contributed by atoms with Crippen LogP contribution in [0.4, 0.5) is 5.69 Å². The van der Waals surface area contributed by atoms with Crippen molar-refractivity contribution in [3.8, 4) is 0 Å². The van der Waals surface area contributed by atoms with Crippen LogP contribution in [0.15, 0.2) is 29.3 Å². The molecular weight excluding hydrogens is 370 g/mol. The quantitative estimate of drug-likeness (QED) is 0.715. The van der Waals surface area contributed by atoms with Gasteiger partial charge in [0.25, 0.3) is 5.56 Å². The van der Waals surface area contributed by atoms with Crippen LogP contribution < -0.4 is 10.9 Å². The summed E-state index contributed by atoms with van der Waals surface area (Å²) in [5, 5.41) is 3.67. The van der Waals surface area contributed by atoms with Gasteiger partial charge in [0, 0.05) is 10.6 Å². The minimum Gasteiger partial charge on any atom is -0.324 e. The zero-order valence-corrected chi connectivity index (χ0v) is 17.5. The van der Waals surface area contributed by atoms with Crippen molar-refractivity contribution in [1.82, 2.24) is 9.55 Å². The Labute approximate surface area is 168 Å². The number of benzene rings is 1. The highest BCUT2D eigenvalue weighted by molar-refractivity contribution is 7.18. The van der Waals surface area contributed by atoms with Crippen molar-refractivity contribution in [3.63, 3.8) is 0 Å². The van der Waals surface area contributed by atoms with Crippen LogP contribution in [-0.4, -0.2) is 15.5 Å². The van der Waals surface area contributed by atoms with E-state index in [0.29, 0.717) is 11.3 Å². The summed E-state index contributed by atoms with van der Waals surface area (Å²) < 4.78 is 1.47. The Hall–Kier alpha value is -2.47. The lowest BCUT2D eigenvalue weighted by molar-refractivity contribution is -0.118. The zero-order chi connectivity index (χ0) is 20.0. The number of carbonyl (C=O) groups excluding carboxylic acids is 1. The normalized spacial score (nSPS) is 17.4. The fraction of sp³-hybridized carbons (Fsp3) is 0.409. The minimum atomic E-state index is -0.637. The number of rotatable bonds is 3. The summed E-state index contributed by atoms with van der Waals surface area (Å²) >= 11 is 1.63. The average Bonchev–Trinajstić information content (AvgIpc) is 3.02.